The summed E-state index contributed by atoms with van der Waals surface area (Å²) >= 11 is 0. The van der Waals surface area contributed by atoms with Crippen LogP contribution >= 0.6 is 0 Å². The molecule has 0 amide bonds. The molecule has 20 heavy (non-hydrogen) atoms. The van der Waals surface area contributed by atoms with Gasteiger partial charge in [-0.15, -0.1) is 0 Å². The van der Waals surface area contributed by atoms with Crippen LogP contribution in [0.4, 0.5) is 5.69 Å². The van der Waals surface area contributed by atoms with Crippen LogP contribution in [0, 0.1) is 13.8 Å². The average molecular weight is 291 g/mol. The average Bonchev–Trinajstić information content (AvgIpc) is 2.92. The van der Waals surface area contributed by atoms with Crippen molar-refractivity contribution in [1.29, 1.82) is 0 Å². The number of H-pyrrole nitrogens is 1. The number of aromatic nitrogens is 2. The van der Waals surface area contributed by atoms with Crippen molar-refractivity contribution in [2.75, 3.05) is 10.8 Å². The minimum Gasteiger partial charge on any atom is -0.281 e. The molecule has 0 spiro atoms. The van der Waals surface area contributed by atoms with Crippen LogP contribution in [-0.4, -0.2) is 25.2 Å². The first-order chi connectivity index (χ1) is 9.43. The van der Waals surface area contributed by atoms with Crippen LogP contribution in [0.3, 0.4) is 0 Å². The first kappa shape index (κ1) is 13.2. The van der Waals surface area contributed by atoms with Gasteiger partial charge < -0.3 is 0 Å². The van der Waals surface area contributed by atoms with Crippen molar-refractivity contribution in [3.05, 3.63) is 41.2 Å². The summed E-state index contributed by atoms with van der Waals surface area (Å²) in [5.74, 6) is 0.202. The van der Waals surface area contributed by atoms with Crippen molar-refractivity contribution in [3.63, 3.8) is 0 Å². The van der Waals surface area contributed by atoms with E-state index >= 15 is 0 Å². The topological polar surface area (TPSA) is 66.1 Å². The highest BCUT2D eigenvalue weighted by molar-refractivity contribution is 7.93. The van der Waals surface area contributed by atoms with Crippen molar-refractivity contribution >= 4 is 15.7 Å². The van der Waals surface area contributed by atoms with Crippen molar-refractivity contribution in [3.8, 4) is 0 Å². The van der Waals surface area contributed by atoms with Gasteiger partial charge in [0.1, 0.15) is 4.90 Å². The minimum atomic E-state index is -3.56. The second-order valence-electron chi connectivity index (χ2n) is 5.26. The van der Waals surface area contributed by atoms with E-state index < -0.39 is 10.0 Å². The molecule has 2 aromatic rings. The maximum Gasteiger partial charge on any atom is 0.268 e. The molecule has 3 rings (SSSR count). The SMILES string of the molecule is Cc1n[nH]c(C)c1S(=O)(=O)N1CC(C)c2ccccc21. The number of hydrogen-bond donors (Lipinski definition) is 1. The summed E-state index contributed by atoms with van der Waals surface area (Å²) in [6.07, 6.45) is 0. The zero-order valence-electron chi connectivity index (χ0n) is 11.7. The van der Waals surface area contributed by atoms with Crippen LogP contribution in [0.2, 0.25) is 0 Å². The Morgan fingerprint density at radius 1 is 1.30 bits per heavy atom. The number of aryl methyl sites for hydroxylation is 2. The van der Waals surface area contributed by atoms with Gasteiger partial charge in [-0.3, -0.25) is 9.40 Å². The molecule has 1 atom stereocenters. The normalized spacial score (nSPS) is 18.4. The zero-order valence-corrected chi connectivity index (χ0v) is 12.5. The Hall–Kier alpha value is -1.82. The second kappa shape index (κ2) is 4.34. The Kier molecular flexibility index (Phi) is 2.86. The maximum atomic E-state index is 12.9. The molecule has 0 saturated carbocycles. The molecule has 1 N–H and O–H groups in total. The molecule has 1 unspecified atom stereocenters. The molecule has 1 aliphatic heterocycles. The molecule has 0 fully saturated rings. The molecule has 6 heteroatoms. The fraction of sp³-hybridized carbons (Fsp3) is 0.357. The molecule has 106 valence electrons. The molecule has 5 nitrogen and oxygen atoms in total. The third-order valence-corrected chi connectivity index (χ3v) is 5.83. The van der Waals surface area contributed by atoms with E-state index in [4.69, 9.17) is 0 Å². The number of benzene rings is 1. The van der Waals surface area contributed by atoms with Gasteiger partial charge in [-0.1, -0.05) is 25.1 Å². The van der Waals surface area contributed by atoms with Gasteiger partial charge in [0.15, 0.2) is 0 Å². The predicted octanol–water partition coefficient (Wildman–Crippen LogP) is 2.34. The first-order valence-corrected chi connectivity index (χ1v) is 8.00. The Morgan fingerprint density at radius 3 is 2.65 bits per heavy atom. The summed E-state index contributed by atoms with van der Waals surface area (Å²) in [5.41, 5.74) is 2.95. The highest BCUT2D eigenvalue weighted by Gasteiger charge is 2.36. The number of nitrogens with one attached hydrogen (secondary N) is 1. The van der Waals surface area contributed by atoms with Crippen LogP contribution < -0.4 is 4.31 Å². The lowest BCUT2D eigenvalue weighted by Gasteiger charge is -2.19. The van der Waals surface area contributed by atoms with E-state index in [1.54, 1.807) is 13.8 Å². The molecule has 1 aliphatic rings. The molecule has 0 saturated heterocycles. The van der Waals surface area contributed by atoms with Crippen LogP contribution in [0.5, 0.6) is 0 Å². The Bertz CT molecular complexity index is 745. The number of sulfonamides is 1. The molecule has 0 bridgehead atoms. The number of para-hydroxylation sites is 1. The monoisotopic (exact) mass is 291 g/mol. The second-order valence-corrected chi connectivity index (χ2v) is 7.06. The highest BCUT2D eigenvalue weighted by Crippen LogP contribution is 2.39. The van der Waals surface area contributed by atoms with E-state index in [0.29, 0.717) is 22.8 Å². The molecule has 0 radical (unpaired) electrons. The van der Waals surface area contributed by atoms with Crippen molar-refractivity contribution in [2.24, 2.45) is 0 Å². The van der Waals surface area contributed by atoms with E-state index in [0.717, 1.165) is 11.3 Å². The third kappa shape index (κ3) is 1.75. The van der Waals surface area contributed by atoms with Crippen LogP contribution in [0.15, 0.2) is 29.2 Å². The van der Waals surface area contributed by atoms with Gasteiger partial charge in [0.05, 0.1) is 17.1 Å². The van der Waals surface area contributed by atoms with Crippen molar-refractivity contribution in [1.82, 2.24) is 10.2 Å². The van der Waals surface area contributed by atoms with Crippen molar-refractivity contribution in [2.45, 2.75) is 31.6 Å². The lowest BCUT2D eigenvalue weighted by atomic mass is 10.0. The predicted molar refractivity (Wildman–Crippen MR) is 77.5 cm³/mol. The van der Waals surface area contributed by atoms with E-state index in [1.165, 1.54) is 4.31 Å². The van der Waals surface area contributed by atoms with Crippen molar-refractivity contribution < 1.29 is 8.42 Å². The van der Waals surface area contributed by atoms with E-state index in [2.05, 4.69) is 10.2 Å². The lowest BCUT2D eigenvalue weighted by molar-refractivity contribution is 0.589. The van der Waals surface area contributed by atoms with E-state index in [1.807, 2.05) is 31.2 Å². The smallest absolute Gasteiger partial charge is 0.268 e. The summed E-state index contributed by atoms with van der Waals surface area (Å²) in [4.78, 5) is 0.293. The van der Waals surface area contributed by atoms with Gasteiger partial charge in [0, 0.05) is 12.5 Å². The number of aromatic amines is 1. The van der Waals surface area contributed by atoms with Crippen LogP contribution in [0.25, 0.3) is 0 Å². The lowest BCUT2D eigenvalue weighted by Crippen LogP contribution is -2.30. The van der Waals surface area contributed by atoms with Gasteiger partial charge in [-0.05, 0) is 25.5 Å². The number of hydrogen-bond acceptors (Lipinski definition) is 3. The fourth-order valence-corrected chi connectivity index (χ4v) is 4.75. The van der Waals surface area contributed by atoms with E-state index in [-0.39, 0.29) is 5.92 Å². The summed E-state index contributed by atoms with van der Waals surface area (Å²) in [6.45, 7) is 5.97. The van der Waals surface area contributed by atoms with Crippen LogP contribution in [-0.2, 0) is 10.0 Å². The summed E-state index contributed by atoms with van der Waals surface area (Å²) in [7, 11) is -3.56. The molecule has 1 aromatic carbocycles. The number of fused-ring (bicyclic) bond motifs is 1. The number of rotatable bonds is 2. The Labute approximate surface area is 118 Å². The Balaban J connectivity index is 2.16. The standard InChI is InChI=1S/C14H17N3O2S/c1-9-8-17(13-7-5-4-6-12(9)13)20(18,19)14-10(2)15-16-11(14)3/h4-7,9H,8H2,1-3H3,(H,15,16). The number of anilines is 1. The third-order valence-electron chi connectivity index (χ3n) is 3.78. The van der Waals surface area contributed by atoms with Crippen LogP contribution in [0.1, 0.15) is 29.8 Å². The first-order valence-electron chi connectivity index (χ1n) is 6.56. The Morgan fingerprint density at radius 2 is 2.00 bits per heavy atom. The van der Waals surface area contributed by atoms with Gasteiger partial charge >= 0.3 is 0 Å². The highest BCUT2D eigenvalue weighted by atomic mass is 32.2. The zero-order chi connectivity index (χ0) is 14.5. The molecular formula is C14H17N3O2S. The van der Waals surface area contributed by atoms with Gasteiger partial charge in [-0.25, -0.2) is 8.42 Å². The van der Waals surface area contributed by atoms with Gasteiger partial charge in [0.25, 0.3) is 10.0 Å². The molecule has 1 aromatic heterocycles. The molecular weight excluding hydrogens is 274 g/mol. The van der Waals surface area contributed by atoms with Gasteiger partial charge in [0.2, 0.25) is 0 Å². The fourth-order valence-electron chi connectivity index (χ4n) is 2.84. The largest absolute Gasteiger partial charge is 0.281 e. The quantitative estimate of drug-likeness (QED) is 0.923. The minimum absolute atomic E-state index is 0.202. The van der Waals surface area contributed by atoms with Gasteiger partial charge in [-0.2, -0.15) is 5.10 Å². The molecule has 0 aliphatic carbocycles. The number of nitrogens with zero attached hydrogens (tertiary/aromatic N) is 2. The van der Waals surface area contributed by atoms with E-state index in [9.17, 15) is 8.42 Å². The maximum absolute atomic E-state index is 12.9. The summed E-state index contributed by atoms with van der Waals surface area (Å²) in [6, 6.07) is 7.67. The summed E-state index contributed by atoms with van der Waals surface area (Å²) in [5, 5.41) is 6.74. The summed E-state index contributed by atoms with van der Waals surface area (Å²) < 4.78 is 27.3. The molecule has 2 heterocycles.